The van der Waals surface area contributed by atoms with Gasteiger partial charge in [0.05, 0.1) is 22.6 Å². The molecule has 31 heavy (non-hydrogen) atoms. The molecule has 2 amide bonds. The van der Waals surface area contributed by atoms with Gasteiger partial charge in [-0.3, -0.25) is 24.5 Å². The molecule has 4 rings (SSSR count). The lowest BCUT2D eigenvalue weighted by molar-refractivity contribution is -0.385. The Labute approximate surface area is 180 Å². The molecule has 1 aliphatic heterocycles. The maximum atomic E-state index is 12.9. The number of nitro groups is 1. The van der Waals surface area contributed by atoms with E-state index in [9.17, 15) is 24.5 Å². The summed E-state index contributed by atoms with van der Waals surface area (Å²) in [6, 6.07) is 16.5. The van der Waals surface area contributed by atoms with E-state index >= 15 is 0 Å². The zero-order valence-corrected chi connectivity index (χ0v) is 16.5. The van der Waals surface area contributed by atoms with Gasteiger partial charge in [0.1, 0.15) is 5.56 Å². The summed E-state index contributed by atoms with van der Waals surface area (Å²) in [7, 11) is 0. The number of carbonyl (C=O) groups is 3. The van der Waals surface area contributed by atoms with Crippen molar-refractivity contribution in [1.82, 2.24) is 0 Å². The molecule has 0 fully saturated rings. The molecule has 0 aromatic heterocycles. The second-order valence-electron chi connectivity index (χ2n) is 6.65. The molecule has 0 saturated heterocycles. The minimum Gasteiger partial charge on any atom is -0.424 e. The summed E-state index contributed by atoms with van der Waals surface area (Å²) in [5.74, 6) is -2.21. The van der Waals surface area contributed by atoms with Crippen LogP contribution >= 0.6 is 11.6 Å². The van der Waals surface area contributed by atoms with Gasteiger partial charge in [-0.15, -0.1) is 0 Å². The van der Waals surface area contributed by atoms with Crippen molar-refractivity contribution in [3.05, 3.63) is 98.6 Å². The molecule has 0 saturated carbocycles. The van der Waals surface area contributed by atoms with Crippen LogP contribution in [0.1, 0.15) is 26.3 Å². The van der Waals surface area contributed by atoms with Gasteiger partial charge in [-0.05, 0) is 35.9 Å². The number of carbonyl (C=O) groups excluding carboxylic acids is 3. The first-order valence-corrected chi connectivity index (χ1v) is 9.45. The Hall–Kier alpha value is -4.04. The van der Waals surface area contributed by atoms with Crippen molar-refractivity contribution in [3.8, 4) is 5.75 Å². The number of ether oxygens (including phenoxy) is 1. The maximum Gasteiger partial charge on any atom is 0.315 e. The fraction of sp³-hybridized carbons (Fsp3) is 0.0455. The highest BCUT2D eigenvalue weighted by atomic mass is 35.5. The number of esters is 1. The van der Waals surface area contributed by atoms with Crippen LogP contribution in [-0.4, -0.2) is 22.7 Å². The molecule has 9 heteroatoms. The summed E-state index contributed by atoms with van der Waals surface area (Å²) in [5, 5.41) is 11.8. The van der Waals surface area contributed by atoms with Crippen molar-refractivity contribution >= 4 is 40.8 Å². The third-order valence-electron chi connectivity index (χ3n) is 4.68. The van der Waals surface area contributed by atoms with E-state index in [1.807, 2.05) is 0 Å². The molecule has 0 radical (unpaired) electrons. The number of rotatable bonds is 5. The second-order valence-corrected chi connectivity index (χ2v) is 7.08. The van der Waals surface area contributed by atoms with Crippen LogP contribution in [0.2, 0.25) is 5.02 Å². The first-order chi connectivity index (χ1) is 14.9. The number of para-hydroxylation sites is 2. The molecule has 3 aromatic carbocycles. The van der Waals surface area contributed by atoms with Crippen molar-refractivity contribution in [2.45, 2.75) is 6.42 Å². The summed E-state index contributed by atoms with van der Waals surface area (Å²) in [6.45, 7) is 0. The fourth-order valence-corrected chi connectivity index (χ4v) is 3.42. The van der Waals surface area contributed by atoms with Gasteiger partial charge in [0.25, 0.3) is 17.5 Å². The Morgan fingerprint density at radius 2 is 1.68 bits per heavy atom. The topological polar surface area (TPSA) is 107 Å². The van der Waals surface area contributed by atoms with Crippen LogP contribution in [0, 0.1) is 10.1 Å². The van der Waals surface area contributed by atoms with Gasteiger partial charge in [0.2, 0.25) is 0 Å². The first kappa shape index (κ1) is 20.2. The normalized spacial score (nSPS) is 12.6. The van der Waals surface area contributed by atoms with Gasteiger partial charge >= 0.3 is 5.97 Å². The molecular weight excluding hydrogens is 424 g/mol. The van der Waals surface area contributed by atoms with E-state index < -0.39 is 28.4 Å². The quantitative estimate of drug-likeness (QED) is 0.195. The molecule has 8 nitrogen and oxygen atoms in total. The summed E-state index contributed by atoms with van der Waals surface area (Å²) in [6.07, 6.45) is -0.0565. The van der Waals surface area contributed by atoms with E-state index in [1.54, 1.807) is 36.4 Å². The second kappa shape index (κ2) is 8.00. The zero-order valence-electron chi connectivity index (χ0n) is 15.8. The number of halogens is 1. The molecule has 154 valence electrons. The summed E-state index contributed by atoms with van der Waals surface area (Å²) >= 11 is 5.84. The molecule has 0 atom stereocenters. The largest absolute Gasteiger partial charge is 0.424 e. The first-order valence-electron chi connectivity index (χ1n) is 9.07. The molecule has 0 N–H and O–H groups in total. The monoisotopic (exact) mass is 436 g/mol. The highest BCUT2D eigenvalue weighted by Crippen LogP contribution is 2.37. The number of nitro benzene ring substituents is 1. The number of benzene rings is 3. The van der Waals surface area contributed by atoms with Crippen LogP contribution < -0.4 is 9.64 Å². The van der Waals surface area contributed by atoms with Crippen LogP contribution in [-0.2, 0) is 11.2 Å². The van der Waals surface area contributed by atoms with Gasteiger partial charge in [-0.25, -0.2) is 4.90 Å². The molecule has 0 aliphatic carbocycles. The number of hydrogen-bond donors (Lipinski definition) is 0. The van der Waals surface area contributed by atoms with Crippen LogP contribution in [0.3, 0.4) is 0 Å². The Morgan fingerprint density at radius 1 is 0.968 bits per heavy atom. The van der Waals surface area contributed by atoms with Crippen LogP contribution in [0.25, 0.3) is 0 Å². The number of fused-ring (bicyclic) bond motifs is 1. The molecule has 0 unspecified atom stereocenters. The number of anilines is 1. The highest BCUT2D eigenvalue weighted by molar-refractivity contribution is 6.36. The van der Waals surface area contributed by atoms with E-state index in [1.165, 1.54) is 24.3 Å². The van der Waals surface area contributed by atoms with Gasteiger partial charge < -0.3 is 4.74 Å². The smallest absolute Gasteiger partial charge is 0.315 e. The Balaban J connectivity index is 1.64. The molecular formula is C22H13ClN2O6. The minimum atomic E-state index is -0.853. The number of nitrogens with zero attached hydrogens (tertiary/aromatic N) is 2. The summed E-state index contributed by atoms with van der Waals surface area (Å²) in [5.41, 5.74) is -0.146. The maximum absolute atomic E-state index is 12.9. The fourth-order valence-electron chi connectivity index (χ4n) is 3.29. The Kier molecular flexibility index (Phi) is 5.22. The molecule has 3 aromatic rings. The molecule has 0 bridgehead atoms. The van der Waals surface area contributed by atoms with Crippen LogP contribution in [0.5, 0.6) is 5.75 Å². The summed E-state index contributed by atoms with van der Waals surface area (Å²) in [4.78, 5) is 49.6. The lowest BCUT2D eigenvalue weighted by Crippen LogP contribution is -2.30. The number of hydrogen-bond acceptors (Lipinski definition) is 6. The Morgan fingerprint density at radius 3 is 2.39 bits per heavy atom. The predicted octanol–water partition coefficient (Wildman–Crippen LogP) is 4.20. The highest BCUT2D eigenvalue weighted by Gasteiger charge is 2.42. The third kappa shape index (κ3) is 3.76. The van der Waals surface area contributed by atoms with Gasteiger partial charge in [0, 0.05) is 11.1 Å². The van der Waals surface area contributed by atoms with Crippen molar-refractivity contribution in [3.63, 3.8) is 0 Å². The van der Waals surface area contributed by atoms with Crippen LogP contribution in [0.15, 0.2) is 66.7 Å². The van der Waals surface area contributed by atoms with E-state index in [2.05, 4.69) is 0 Å². The standard InChI is InChI=1S/C22H13ClN2O6/c23-14-10-8-13(9-11-14)12-19(26)31-18-7-2-1-5-16(18)24-21(27)15-4-3-6-17(25(29)30)20(15)22(24)28/h1-11H,12H2. The van der Waals surface area contributed by atoms with Crippen molar-refractivity contribution in [1.29, 1.82) is 0 Å². The van der Waals surface area contributed by atoms with Crippen LogP contribution in [0.4, 0.5) is 11.4 Å². The van der Waals surface area contributed by atoms with Gasteiger partial charge in [0.15, 0.2) is 5.75 Å². The zero-order chi connectivity index (χ0) is 22.1. The lowest BCUT2D eigenvalue weighted by Gasteiger charge is -2.17. The van der Waals surface area contributed by atoms with E-state index in [0.29, 0.717) is 10.6 Å². The third-order valence-corrected chi connectivity index (χ3v) is 4.93. The summed E-state index contributed by atoms with van der Waals surface area (Å²) < 4.78 is 5.41. The number of amides is 2. The van der Waals surface area contributed by atoms with Crippen molar-refractivity contribution < 1.29 is 24.0 Å². The van der Waals surface area contributed by atoms with E-state index in [-0.39, 0.29) is 29.0 Å². The van der Waals surface area contributed by atoms with E-state index in [0.717, 1.165) is 11.0 Å². The number of imide groups is 1. The molecule has 1 heterocycles. The average molecular weight is 437 g/mol. The molecule has 0 spiro atoms. The average Bonchev–Trinajstić information content (AvgIpc) is 3.00. The van der Waals surface area contributed by atoms with Crippen molar-refractivity contribution in [2.75, 3.05) is 4.90 Å². The molecule has 1 aliphatic rings. The lowest BCUT2D eigenvalue weighted by atomic mass is 10.1. The SMILES string of the molecule is O=C(Cc1ccc(Cl)cc1)Oc1ccccc1N1C(=O)c2cccc([N+](=O)[O-])c2C1=O. The minimum absolute atomic E-state index is 0.0152. The van der Waals surface area contributed by atoms with Gasteiger partial charge in [-0.2, -0.15) is 0 Å². The van der Waals surface area contributed by atoms with Crippen molar-refractivity contribution in [2.24, 2.45) is 0 Å². The Bertz CT molecular complexity index is 1240. The van der Waals surface area contributed by atoms with Gasteiger partial charge in [-0.1, -0.05) is 41.9 Å². The predicted molar refractivity (Wildman–Crippen MR) is 111 cm³/mol. The van der Waals surface area contributed by atoms with E-state index in [4.69, 9.17) is 16.3 Å².